The molecule has 0 aliphatic heterocycles. The lowest BCUT2D eigenvalue weighted by Crippen LogP contribution is -1.85. The third kappa shape index (κ3) is 1.78. The maximum Gasteiger partial charge on any atom is 0.223 e. The first kappa shape index (κ1) is 9.22. The van der Waals surface area contributed by atoms with Gasteiger partial charge in [0.15, 0.2) is 5.58 Å². The number of nitrogens with zero attached hydrogens (tertiary/aromatic N) is 2. The van der Waals surface area contributed by atoms with Gasteiger partial charge in [-0.25, -0.2) is 11.6 Å². The molecule has 0 N–H and O–H groups in total. The minimum Gasteiger partial charge on any atom is -0.440 e. The Morgan fingerprint density at radius 2 is 2.36 bits per heavy atom. The van der Waals surface area contributed by atoms with Crippen LogP contribution in [0.3, 0.4) is 0 Å². The van der Waals surface area contributed by atoms with Crippen LogP contribution in [0.5, 0.6) is 0 Å². The molecular formula is C10H7BrN2O. The van der Waals surface area contributed by atoms with Gasteiger partial charge >= 0.3 is 0 Å². The molecule has 0 aliphatic carbocycles. The van der Waals surface area contributed by atoms with Crippen molar-refractivity contribution in [1.29, 1.82) is 0 Å². The molecule has 0 saturated carbocycles. The van der Waals surface area contributed by atoms with Crippen molar-refractivity contribution in [2.45, 2.75) is 6.42 Å². The van der Waals surface area contributed by atoms with E-state index < -0.39 is 0 Å². The zero-order valence-corrected chi connectivity index (χ0v) is 8.91. The van der Waals surface area contributed by atoms with Crippen LogP contribution in [-0.4, -0.2) is 11.5 Å². The van der Waals surface area contributed by atoms with E-state index in [0.29, 0.717) is 18.9 Å². The van der Waals surface area contributed by atoms with Gasteiger partial charge in [0, 0.05) is 4.47 Å². The molecule has 2 rings (SSSR count). The van der Waals surface area contributed by atoms with Crippen molar-refractivity contribution in [3.8, 4) is 0 Å². The molecule has 1 aromatic heterocycles. The van der Waals surface area contributed by atoms with Gasteiger partial charge in [-0.3, -0.25) is 0 Å². The van der Waals surface area contributed by atoms with Gasteiger partial charge in [0.1, 0.15) is 5.52 Å². The summed E-state index contributed by atoms with van der Waals surface area (Å²) >= 11 is 3.36. The van der Waals surface area contributed by atoms with Crippen LogP contribution in [-0.2, 0) is 6.42 Å². The fourth-order valence-electron chi connectivity index (χ4n) is 1.21. The molecule has 1 aromatic carbocycles. The Bertz CT molecular complexity index is 498. The Morgan fingerprint density at radius 1 is 1.50 bits per heavy atom. The maximum atomic E-state index is 6.67. The summed E-state index contributed by atoms with van der Waals surface area (Å²) in [6, 6.07) is 5.68. The Hall–Kier alpha value is -1.34. The van der Waals surface area contributed by atoms with E-state index in [-0.39, 0.29) is 0 Å². The van der Waals surface area contributed by atoms with Crippen LogP contribution in [0.15, 0.2) is 27.1 Å². The lowest BCUT2D eigenvalue weighted by atomic mass is 10.3. The highest BCUT2D eigenvalue weighted by atomic mass is 79.9. The third-order valence-corrected chi connectivity index (χ3v) is 2.32. The second-order valence-electron chi connectivity index (χ2n) is 2.85. The number of rotatable bonds is 2. The van der Waals surface area contributed by atoms with Crippen LogP contribution < -0.4 is 0 Å². The van der Waals surface area contributed by atoms with E-state index in [0.717, 1.165) is 15.6 Å². The van der Waals surface area contributed by atoms with Crippen LogP contribution in [0.1, 0.15) is 5.89 Å². The summed E-state index contributed by atoms with van der Waals surface area (Å²) in [6.45, 7) is 7.09. The Kier molecular flexibility index (Phi) is 2.51. The molecule has 0 unspecified atom stereocenters. The molecule has 2 aromatic rings. The summed E-state index contributed by atoms with van der Waals surface area (Å²) in [5.74, 6) is 0.633. The van der Waals surface area contributed by atoms with Crippen molar-refractivity contribution in [2.24, 2.45) is 0 Å². The summed E-state index contributed by atoms with van der Waals surface area (Å²) in [7, 11) is 0. The molecule has 0 saturated heterocycles. The molecular weight excluding hydrogens is 244 g/mol. The van der Waals surface area contributed by atoms with E-state index >= 15 is 0 Å². The highest BCUT2D eigenvalue weighted by Crippen LogP contribution is 2.20. The second-order valence-corrected chi connectivity index (χ2v) is 3.77. The van der Waals surface area contributed by atoms with Crippen molar-refractivity contribution in [3.05, 3.63) is 40.0 Å². The first-order valence-corrected chi connectivity index (χ1v) is 4.97. The number of hydrogen-bond acceptors (Lipinski definition) is 2. The molecule has 1 heterocycles. The summed E-state index contributed by atoms with van der Waals surface area (Å²) < 4.78 is 6.43. The molecule has 4 heteroatoms. The van der Waals surface area contributed by atoms with Crippen LogP contribution in [0, 0.1) is 6.57 Å². The normalized spacial score (nSPS) is 10.3. The average molecular weight is 251 g/mol. The second kappa shape index (κ2) is 3.81. The quantitative estimate of drug-likeness (QED) is 0.768. The van der Waals surface area contributed by atoms with E-state index in [1.165, 1.54) is 0 Å². The van der Waals surface area contributed by atoms with Gasteiger partial charge in [0.05, 0.1) is 6.42 Å². The van der Waals surface area contributed by atoms with E-state index in [2.05, 4.69) is 25.8 Å². The largest absolute Gasteiger partial charge is 0.440 e. The number of halogens is 1. The van der Waals surface area contributed by atoms with Crippen molar-refractivity contribution in [2.75, 3.05) is 6.54 Å². The maximum absolute atomic E-state index is 6.67. The van der Waals surface area contributed by atoms with E-state index in [1.54, 1.807) is 0 Å². The van der Waals surface area contributed by atoms with Gasteiger partial charge in [-0.2, -0.15) is 0 Å². The van der Waals surface area contributed by atoms with E-state index in [9.17, 15) is 0 Å². The molecule has 70 valence electrons. The van der Waals surface area contributed by atoms with Gasteiger partial charge < -0.3 is 9.26 Å². The molecule has 0 spiro atoms. The fourth-order valence-corrected chi connectivity index (χ4v) is 1.56. The average Bonchev–Trinajstić information content (AvgIpc) is 2.56. The van der Waals surface area contributed by atoms with Crippen molar-refractivity contribution >= 4 is 27.0 Å². The molecule has 14 heavy (non-hydrogen) atoms. The van der Waals surface area contributed by atoms with Crippen molar-refractivity contribution in [3.63, 3.8) is 0 Å². The highest BCUT2D eigenvalue weighted by molar-refractivity contribution is 9.10. The predicted octanol–water partition coefficient (Wildman–Crippen LogP) is 3.05. The summed E-state index contributed by atoms with van der Waals surface area (Å²) in [5.41, 5.74) is 1.60. The zero-order chi connectivity index (χ0) is 9.97. The van der Waals surface area contributed by atoms with Crippen molar-refractivity contribution < 1.29 is 4.42 Å². The monoisotopic (exact) mass is 250 g/mol. The fraction of sp³-hybridized carbons (Fsp3) is 0.200. The topological polar surface area (TPSA) is 30.4 Å². The number of fused-ring (bicyclic) bond motifs is 1. The Labute approximate surface area is 89.7 Å². The molecule has 0 radical (unpaired) electrons. The Balaban J connectivity index is 2.37. The van der Waals surface area contributed by atoms with Crippen LogP contribution in [0.2, 0.25) is 0 Å². The van der Waals surface area contributed by atoms with Gasteiger partial charge in [0.2, 0.25) is 12.4 Å². The number of aromatic nitrogens is 1. The lowest BCUT2D eigenvalue weighted by Gasteiger charge is -1.86. The van der Waals surface area contributed by atoms with Gasteiger partial charge in [0.25, 0.3) is 0 Å². The first-order valence-electron chi connectivity index (χ1n) is 4.18. The molecule has 0 atom stereocenters. The summed E-state index contributed by atoms with van der Waals surface area (Å²) in [5, 5.41) is 0. The number of hydrogen-bond donors (Lipinski definition) is 0. The minimum atomic E-state index is 0.425. The molecule has 0 amide bonds. The molecule has 0 aliphatic rings. The minimum absolute atomic E-state index is 0.425. The van der Waals surface area contributed by atoms with E-state index in [1.807, 2.05) is 18.2 Å². The van der Waals surface area contributed by atoms with Gasteiger partial charge in [-0.15, -0.1) is 0 Å². The Morgan fingerprint density at radius 3 is 3.14 bits per heavy atom. The molecule has 0 bridgehead atoms. The standard InChI is InChI=1S/C10H7BrN2O/c1-12-5-4-10-13-8-6-7(11)2-3-9(8)14-10/h2-3,6H,4-5H2. The van der Waals surface area contributed by atoms with Crippen LogP contribution in [0.25, 0.3) is 15.9 Å². The number of oxazole rings is 1. The molecule has 3 nitrogen and oxygen atoms in total. The predicted molar refractivity (Wildman–Crippen MR) is 56.9 cm³/mol. The SMILES string of the molecule is [C-]#[N+]CCc1nc2cc(Br)ccc2o1. The smallest absolute Gasteiger partial charge is 0.223 e. The summed E-state index contributed by atoms with van der Waals surface area (Å²) in [6.07, 6.45) is 0.579. The summed E-state index contributed by atoms with van der Waals surface area (Å²) in [4.78, 5) is 7.53. The molecule has 0 fully saturated rings. The van der Waals surface area contributed by atoms with E-state index in [4.69, 9.17) is 11.0 Å². The van der Waals surface area contributed by atoms with Gasteiger partial charge in [-0.05, 0) is 18.2 Å². The highest BCUT2D eigenvalue weighted by Gasteiger charge is 2.06. The lowest BCUT2D eigenvalue weighted by molar-refractivity contribution is 0.536. The van der Waals surface area contributed by atoms with Gasteiger partial charge in [-0.1, -0.05) is 15.9 Å². The van der Waals surface area contributed by atoms with Crippen molar-refractivity contribution in [1.82, 2.24) is 4.98 Å². The number of benzene rings is 1. The van der Waals surface area contributed by atoms with Crippen LogP contribution in [0.4, 0.5) is 0 Å². The zero-order valence-electron chi connectivity index (χ0n) is 7.33. The third-order valence-electron chi connectivity index (χ3n) is 1.83. The van der Waals surface area contributed by atoms with Crippen LogP contribution >= 0.6 is 15.9 Å². The first-order chi connectivity index (χ1) is 6.79.